The minimum atomic E-state index is 1.02. The van der Waals surface area contributed by atoms with E-state index in [0.717, 1.165) is 5.69 Å². The molecule has 1 aromatic carbocycles. The molecule has 1 N–H and O–H groups in total. The summed E-state index contributed by atoms with van der Waals surface area (Å²) < 4.78 is 0. The van der Waals surface area contributed by atoms with E-state index in [9.17, 15) is 0 Å². The Labute approximate surface area is 78.8 Å². The zero-order valence-electron chi connectivity index (χ0n) is 7.56. The van der Waals surface area contributed by atoms with Crippen LogP contribution in [0.15, 0.2) is 12.1 Å². The number of anilines is 1. The van der Waals surface area contributed by atoms with Crippen molar-refractivity contribution in [1.29, 1.82) is 0 Å². The van der Waals surface area contributed by atoms with Crippen LogP contribution in [0.5, 0.6) is 0 Å². The largest absolute Gasteiger partial charge is 0.344 e. The highest BCUT2D eigenvalue weighted by molar-refractivity contribution is 7.79. The summed E-state index contributed by atoms with van der Waals surface area (Å²) in [6.07, 6.45) is 0. The average Bonchev–Trinajstić information content (AvgIpc) is 2.01. The summed E-state index contributed by atoms with van der Waals surface area (Å²) in [5.41, 5.74) is 7.41. The molecule has 1 radical (unpaired) electrons. The van der Waals surface area contributed by atoms with Gasteiger partial charge in [-0.25, -0.2) is 0 Å². The second kappa shape index (κ2) is 3.68. The molecule has 0 spiro atoms. The first kappa shape index (κ1) is 9.20. The molecule has 2 heteroatoms. The highest BCUT2D eigenvalue weighted by Gasteiger charge is 1.98. The molecule has 1 nitrogen and oxygen atoms in total. The number of benzene rings is 1. The Kier molecular flexibility index (Phi) is 2.82. The van der Waals surface area contributed by atoms with Gasteiger partial charge >= 0.3 is 0 Å². The van der Waals surface area contributed by atoms with Crippen LogP contribution in [-0.2, 0) is 0 Å². The SMILES string of the molecule is Cc1cc(N[C]=S)cc(C)c1C. The topological polar surface area (TPSA) is 12.0 Å². The fourth-order valence-corrected chi connectivity index (χ4v) is 1.28. The molecule has 0 amide bonds. The Balaban J connectivity index is 3.11. The van der Waals surface area contributed by atoms with Crippen LogP contribution in [0.3, 0.4) is 0 Å². The van der Waals surface area contributed by atoms with Crippen LogP contribution in [0.2, 0.25) is 0 Å². The van der Waals surface area contributed by atoms with Gasteiger partial charge in [0.25, 0.3) is 0 Å². The number of aryl methyl sites for hydroxylation is 2. The number of hydrogen-bond acceptors (Lipinski definition) is 1. The molecule has 0 unspecified atom stereocenters. The normalized spacial score (nSPS) is 9.58. The Morgan fingerprint density at radius 1 is 1.17 bits per heavy atom. The van der Waals surface area contributed by atoms with E-state index in [4.69, 9.17) is 0 Å². The standard InChI is InChI=1S/C10H12NS/c1-7-4-10(11-6-12)5-8(2)9(7)3/h4-5H,1-3H3,(H,11,12). The molecule has 1 aromatic rings. The summed E-state index contributed by atoms with van der Waals surface area (Å²) in [4.78, 5) is 0. The zero-order chi connectivity index (χ0) is 9.14. The summed E-state index contributed by atoms with van der Waals surface area (Å²) in [5.74, 6) is 0. The molecule has 0 heterocycles. The van der Waals surface area contributed by atoms with Crippen molar-refractivity contribution < 1.29 is 0 Å². The fraction of sp³-hybridized carbons (Fsp3) is 0.300. The molecule has 12 heavy (non-hydrogen) atoms. The van der Waals surface area contributed by atoms with Crippen LogP contribution in [0.4, 0.5) is 5.69 Å². The molecule has 0 aliphatic rings. The second-order valence-electron chi connectivity index (χ2n) is 2.96. The van der Waals surface area contributed by atoms with Gasteiger partial charge in [0.15, 0.2) is 0 Å². The quantitative estimate of drug-likeness (QED) is 0.552. The lowest BCUT2D eigenvalue weighted by Gasteiger charge is -2.07. The van der Waals surface area contributed by atoms with E-state index in [1.165, 1.54) is 16.7 Å². The third kappa shape index (κ3) is 1.83. The number of nitrogens with one attached hydrogen (secondary N) is 1. The van der Waals surface area contributed by atoms with Crippen LogP contribution >= 0.6 is 12.2 Å². The Bertz CT molecular complexity index is 282. The van der Waals surface area contributed by atoms with Crippen LogP contribution in [0, 0.1) is 20.8 Å². The molecular weight excluding hydrogens is 166 g/mol. The van der Waals surface area contributed by atoms with Gasteiger partial charge in [-0.15, -0.1) is 0 Å². The van der Waals surface area contributed by atoms with E-state index >= 15 is 0 Å². The third-order valence-electron chi connectivity index (χ3n) is 2.12. The van der Waals surface area contributed by atoms with Gasteiger partial charge in [-0.05, 0) is 49.6 Å². The first-order valence-electron chi connectivity index (χ1n) is 3.86. The van der Waals surface area contributed by atoms with Crippen LogP contribution in [-0.4, -0.2) is 5.49 Å². The van der Waals surface area contributed by atoms with Crippen LogP contribution < -0.4 is 5.32 Å². The maximum Gasteiger partial charge on any atom is 0.138 e. The van der Waals surface area contributed by atoms with Crippen molar-refractivity contribution in [3.63, 3.8) is 0 Å². The molecule has 0 bridgehead atoms. The van der Waals surface area contributed by atoms with E-state index in [-0.39, 0.29) is 0 Å². The molecule has 0 aromatic heterocycles. The summed E-state index contributed by atoms with van der Waals surface area (Å²) in [6, 6.07) is 4.14. The molecular formula is C10H12NS. The van der Waals surface area contributed by atoms with Gasteiger partial charge in [-0.1, -0.05) is 12.2 Å². The minimum absolute atomic E-state index is 1.02. The van der Waals surface area contributed by atoms with E-state index in [2.05, 4.69) is 55.9 Å². The van der Waals surface area contributed by atoms with Crippen molar-refractivity contribution in [2.75, 3.05) is 5.32 Å². The summed E-state index contributed by atoms with van der Waals surface area (Å²) in [6.45, 7) is 6.31. The van der Waals surface area contributed by atoms with Gasteiger partial charge in [-0.3, -0.25) is 0 Å². The summed E-state index contributed by atoms with van der Waals surface area (Å²) in [7, 11) is 0. The molecule has 0 aliphatic heterocycles. The molecule has 0 fully saturated rings. The number of hydrogen-bond donors (Lipinski definition) is 1. The van der Waals surface area contributed by atoms with Gasteiger partial charge in [0.05, 0.1) is 0 Å². The Hall–Kier alpha value is -0.890. The van der Waals surface area contributed by atoms with Crippen molar-refractivity contribution in [2.45, 2.75) is 20.8 Å². The van der Waals surface area contributed by atoms with Crippen LogP contribution in [0.25, 0.3) is 0 Å². The van der Waals surface area contributed by atoms with E-state index < -0.39 is 0 Å². The second-order valence-corrected chi connectivity index (χ2v) is 3.17. The Morgan fingerprint density at radius 3 is 2.08 bits per heavy atom. The predicted octanol–water partition coefficient (Wildman–Crippen LogP) is 2.86. The van der Waals surface area contributed by atoms with Crippen molar-refractivity contribution in [3.8, 4) is 0 Å². The highest BCUT2D eigenvalue weighted by atomic mass is 32.1. The lowest BCUT2D eigenvalue weighted by Crippen LogP contribution is -1.95. The minimum Gasteiger partial charge on any atom is -0.344 e. The highest BCUT2D eigenvalue weighted by Crippen LogP contribution is 2.18. The van der Waals surface area contributed by atoms with E-state index in [1.807, 2.05) is 0 Å². The summed E-state index contributed by atoms with van der Waals surface area (Å²) >= 11 is 4.59. The van der Waals surface area contributed by atoms with Gasteiger partial charge in [0, 0.05) is 5.69 Å². The summed E-state index contributed by atoms with van der Waals surface area (Å²) in [5, 5.41) is 2.88. The van der Waals surface area contributed by atoms with Crippen molar-refractivity contribution in [3.05, 3.63) is 28.8 Å². The lowest BCUT2D eigenvalue weighted by atomic mass is 10.0. The van der Waals surface area contributed by atoms with Gasteiger partial charge in [0.1, 0.15) is 5.49 Å². The molecule has 0 saturated carbocycles. The maximum absolute atomic E-state index is 4.59. The van der Waals surface area contributed by atoms with E-state index in [1.54, 1.807) is 0 Å². The average molecular weight is 178 g/mol. The van der Waals surface area contributed by atoms with Gasteiger partial charge < -0.3 is 5.32 Å². The number of thiocarbonyl (C=S) groups is 1. The number of rotatable bonds is 2. The fourth-order valence-electron chi connectivity index (χ4n) is 1.17. The van der Waals surface area contributed by atoms with Gasteiger partial charge in [-0.2, -0.15) is 0 Å². The first-order chi connectivity index (χ1) is 5.65. The van der Waals surface area contributed by atoms with Crippen molar-refractivity contribution in [2.24, 2.45) is 0 Å². The van der Waals surface area contributed by atoms with Crippen molar-refractivity contribution in [1.82, 2.24) is 0 Å². The van der Waals surface area contributed by atoms with E-state index in [0.29, 0.717) is 0 Å². The predicted molar refractivity (Wildman–Crippen MR) is 56.9 cm³/mol. The van der Waals surface area contributed by atoms with Crippen LogP contribution in [0.1, 0.15) is 16.7 Å². The lowest BCUT2D eigenvalue weighted by molar-refractivity contribution is 1.27. The molecule has 63 valence electrons. The Morgan fingerprint density at radius 2 is 1.67 bits per heavy atom. The monoisotopic (exact) mass is 178 g/mol. The molecule has 0 atom stereocenters. The third-order valence-corrected chi connectivity index (χ3v) is 2.22. The molecule has 0 aliphatic carbocycles. The maximum atomic E-state index is 4.59. The smallest absolute Gasteiger partial charge is 0.138 e. The zero-order valence-corrected chi connectivity index (χ0v) is 8.38. The van der Waals surface area contributed by atoms with Gasteiger partial charge in [0.2, 0.25) is 0 Å². The molecule has 0 saturated heterocycles. The molecule has 1 rings (SSSR count). The van der Waals surface area contributed by atoms with Crippen molar-refractivity contribution >= 4 is 23.4 Å². The first-order valence-corrected chi connectivity index (χ1v) is 4.27.